The fourth-order valence-electron chi connectivity index (χ4n) is 12.5. The molecule has 0 amide bonds. The first kappa shape index (κ1) is 41.3. The third-order valence-electron chi connectivity index (χ3n) is 15.7. The largest absolute Gasteiger partial charge is 0.454 e. The molecule has 0 fully saturated rings. The van der Waals surface area contributed by atoms with Gasteiger partial charge in [-0.1, -0.05) is 243 Å². The van der Waals surface area contributed by atoms with Crippen LogP contribution in [0.4, 0.5) is 17.1 Å². The maximum absolute atomic E-state index is 6.84. The predicted molar refractivity (Wildman–Crippen MR) is 304 cm³/mol. The quantitative estimate of drug-likeness (QED) is 0.158. The molecule has 0 bridgehead atoms. The minimum atomic E-state index is -0.463. The minimum absolute atomic E-state index is 0.463. The van der Waals surface area contributed by atoms with Crippen molar-refractivity contribution in [3.8, 4) is 66.8 Å². The Balaban J connectivity index is 0.795. The van der Waals surface area contributed by atoms with Gasteiger partial charge in [-0.15, -0.1) is 0 Å². The predicted octanol–water partition coefficient (Wildman–Crippen LogP) is 19.2. The van der Waals surface area contributed by atoms with E-state index in [0.717, 1.165) is 44.6 Å². The second-order valence-corrected chi connectivity index (χ2v) is 19.5. The van der Waals surface area contributed by atoms with Gasteiger partial charge in [-0.05, 0) is 125 Å². The van der Waals surface area contributed by atoms with E-state index in [-0.39, 0.29) is 0 Å². The van der Waals surface area contributed by atoms with Crippen LogP contribution in [0.2, 0.25) is 0 Å². The van der Waals surface area contributed by atoms with Gasteiger partial charge in [-0.3, -0.25) is 0 Å². The number of rotatable bonds is 7. The van der Waals surface area contributed by atoms with E-state index in [9.17, 15) is 0 Å². The highest BCUT2D eigenvalue weighted by Gasteiger charge is 2.52. The van der Waals surface area contributed by atoms with Gasteiger partial charge in [0.2, 0.25) is 0 Å². The van der Waals surface area contributed by atoms with E-state index in [1.165, 1.54) is 94.2 Å². The molecule has 0 aliphatic heterocycles. The van der Waals surface area contributed by atoms with E-state index in [4.69, 9.17) is 4.42 Å². The van der Waals surface area contributed by atoms with Crippen LogP contribution in [0.15, 0.2) is 277 Å². The summed E-state index contributed by atoms with van der Waals surface area (Å²) in [6, 6.07) is 100. The number of benzene rings is 12. The zero-order valence-electron chi connectivity index (χ0n) is 39.8. The van der Waals surface area contributed by atoms with Gasteiger partial charge in [0.25, 0.3) is 0 Å². The molecule has 0 saturated carbocycles. The maximum atomic E-state index is 6.84. The Labute approximate surface area is 424 Å². The second-order valence-electron chi connectivity index (χ2n) is 19.5. The molecule has 1 spiro atoms. The van der Waals surface area contributed by atoms with Gasteiger partial charge in [-0.2, -0.15) is 0 Å². The van der Waals surface area contributed by atoms with Crippen LogP contribution in [0.25, 0.3) is 99.5 Å². The van der Waals surface area contributed by atoms with Crippen molar-refractivity contribution in [2.24, 2.45) is 0 Å². The fraction of sp³-hybridized carbons (Fsp3) is 0.0141. The van der Waals surface area contributed by atoms with Crippen LogP contribution < -0.4 is 4.90 Å². The average Bonchev–Trinajstić information content (AvgIpc) is 4.11. The molecule has 2 aliphatic rings. The van der Waals surface area contributed by atoms with Crippen molar-refractivity contribution >= 4 is 49.8 Å². The minimum Gasteiger partial charge on any atom is -0.454 e. The highest BCUT2D eigenvalue weighted by Crippen LogP contribution is 2.65. The van der Waals surface area contributed by atoms with Crippen LogP contribution in [0.3, 0.4) is 0 Å². The van der Waals surface area contributed by atoms with Crippen molar-refractivity contribution in [2.45, 2.75) is 5.41 Å². The first-order chi connectivity index (χ1) is 36.2. The van der Waals surface area contributed by atoms with E-state index >= 15 is 0 Å². The number of hydrogen-bond donors (Lipinski definition) is 0. The van der Waals surface area contributed by atoms with E-state index < -0.39 is 5.41 Å². The lowest BCUT2D eigenvalue weighted by molar-refractivity contribution is 0.669. The summed E-state index contributed by atoms with van der Waals surface area (Å²) >= 11 is 0. The monoisotopic (exact) mass is 927 g/mol. The molecular weight excluding hydrogens is 883 g/mol. The number of hydrogen-bond acceptors (Lipinski definition) is 2. The smallest absolute Gasteiger partial charge is 0.159 e. The van der Waals surface area contributed by atoms with Gasteiger partial charge in [0.1, 0.15) is 5.58 Å². The lowest BCUT2D eigenvalue weighted by atomic mass is 9.70. The zero-order valence-corrected chi connectivity index (χ0v) is 39.8. The van der Waals surface area contributed by atoms with Gasteiger partial charge in [0, 0.05) is 22.0 Å². The molecule has 2 nitrogen and oxygen atoms in total. The lowest BCUT2D eigenvalue weighted by Gasteiger charge is -2.31. The number of fused-ring (bicyclic) bond motifs is 14. The topological polar surface area (TPSA) is 16.4 Å². The molecule has 0 radical (unpaired) electrons. The highest BCUT2D eigenvalue weighted by atomic mass is 16.3. The van der Waals surface area contributed by atoms with Crippen molar-refractivity contribution in [1.82, 2.24) is 0 Å². The normalized spacial score (nSPS) is 12.8. The Morgan fingerprint density at radius 3 is 1.32 bits per heavy atom. The molecule has 0 unspecified atom stereocenters. The summed E-state index contributed by atoms with van der Waals surface area (Å²) in [6.07, 6.45) is 0. The average molecular weight is 928 g/mol. The Bertz CT molecular complexity index is 4240. The van der Waals surface area contributed by atoms with Crippen molar-refractivity contribution in [3.05, 3.63) is 295 Å². The summed E-state index contributed by atoms with van der Waals surface area (Å²) in [6.45, 7) is 0. The standard InChI is InChI=1S/C71H45NO/c1-2-16-55-52(14-1)15-11-21-56(55)53-40-38-50(39-41-53)48-32-30-46(31-33-48)47-34-36-49(37-35-47)51-42-44-54(45-43-51)72(67-28-12-22-60-59-19-6-10-29-68(59)73-70(60)67)66-27-13-26-65-69(66)61-20-5-9-25-64(61)71(65)62-23-7-3-17-57(62)58-18-4-8-24-63(58)71/h1-45H. The van der Waals surface area contributed by atoms with E-state index in [1.807, 2.05) is 0 Å². The van der Waals surface area contributed by atoms with Crippen LogP contribution in [0, 0.1) is 0 Å². The van der Waals surface area contributed by atoms with Crippen LogP contribution >= 0.6 is 0 Å². The molecule has 1 heterocycles. The number of nitrogens with zero attached hydrogens (tertiary/aromatic N) is 1. The van der Waals surface area contributed by atoms with Gasteiger partial charge in [-0.25, -0.2) is 0 Å². The first-order valence-corrected chi connectivity index (χ1v) is 25.2. The molecule has 15 rings (SSSR count). The summed E-state index contributed by atoms with van der Waals surface area (Å²) in [5.41, 5.74) is 24.4. The van der Waals surface area contributed by atoms with Crippen LogP contribution in [-0.2, 0) is 5.41 Å². The third-order valence-corrected chi connectivity index (χ3v) is 15.7. The molecule has 0 N–H and O–H groups in total. The molecule has 0 atom stereocenters. The Morgan fingerprint density at radius 1 is 0.274 bits per heavy atom. The summed E-state index contributed by atoms with van der Waals surface area (Å²) in [5, 5.41) is 4.74. The Kier molecular flexibility index (Phi) is 9.21. The molecule has 13 aromatic rings. The SMILES string of the molecule is c1ccc2c(c1)-c1ccccc1C21c2ccccc2-c2c(N(c3ccc(-c4ccc(-c5ccc(-c6ccc(-c7cccc8ccccc78)cc6)cc5)cc4)cc3)c3cccc4c3oc3ccccc34)cccc21. The first-order valence-electron chi connectivity index (χ1n) is 25.2. The molecule has 2 aliphatic carbocycles. The summed E-state index contributed by atoms with van der Waals surface area (Å²) in [4.78, 5) is 2.43. The maximum Gasteiger partial charge on any atom is 0.159 e. The van der Waals surface area contributed by atoms with E-state index in [1.54, 1.807) is 0 Å². The van der Waals surface area contributed by atoms with Gasteiger partial charge < -0.3 is 9.32 Å². The van der Waals surface area contributed by atoms with Crippen molar-refractivity contribution in [3.63, 3.8) is 0 Å². The van der Waals surface area contributed by atoms with E-state index in [2.05, 4.69) is 278 Å². The third kappa shape index (κ3) is 6.24. The molecule has 1 aromatic heterocycles. The van der Waals surface area contributed by atoms with Crippen molar-refractivity contribution in [2.75, 3.05) is 4.90 Å². The molecule has 12 aromatic carbocycles. The number of para-hydroxylation sites is 2. The molecule has 340 valence electrons. The van der Waals surface area contributed by atoms with Crippen LogP contribution in [0.5, 0.6) is 0 Å². The van der Waals surface area contributed by atoms with Crippen LogP contribution in [0.1, 0.15) is 22.3 Å². The lowest BCUT2D eigenvalue weighted by Crippen LogP contribution is -2.26. The van der Waals surface area contributed by atoms with Gasteiger partial charge >= 0.3 is 0 Å². The van der Waals surface area contributed by atoms with E-state index in [0.29, 0.717) is 0 Å². The Morgan fingerprint density at radius 2 is 0.685 bits per heavy atom. The van der Waals surface area contributed by atoms with Crippen molar-refractivity contribution < 1.29 is 4.42 Å². The van der Waals surface area contributed by atoms with Gasteiger partial charge in [0.05, 0.1) is 16.8 Å². The number of furan rings is 1. The number of anilines is 3. The summed E-state index contributed by atoms with van der Waals surface area (Å²) < 4.78 is 6.84. The molecular formula is C71H45NO. The van der Waals surface area contributed by atoms with Crippen molar-refractivity contribution in [1.29, 1.82) is 0 Å². The Hall–Kier alpha value is -9.50. The fourth-order valence-corrected chi connectivity index (χ4v) is 12.5. The second kappa shape index (κ2) is 16.3. The van der Waals surface area contributed by atoms with Crippen LogP contribution in [-0.4, -0.2) is 0 Å². The molecule has 0 saturated heterocycles. The van der Waals surface area contributed by atoms with Gasteiger partial charge in [0.15, 0.2) is 5.58 Å². The molecule has 2 heteroatoms. The molecule has 73 heavy (non-hydrogen) atoms. The zero-order chi connectivity index (χ0) is 48.0. The summed E-state index contributed by atoms with van der Waals surface area (Å²) in [5.74, 6) is 0. The highest BCUT2D eigenvalue weighted by molar-refractivity contribution is 6.11. The summed E-state index contributed by atoms with van der Waals surface area (Å²) in [7, 11) is 0.